The fourth-order valence-corrected chi connectivity index (χ4v) is 4.14. The van der Waals surface area contributed by atoms with Gasteiger partial charge in [-0.25, -0.2) is 4.79 Å². The molecule has 2 aromatic carbocycles. The Morgan fingerprint density at radius 3 is 2.07 bits per heavy atom. The number of hydrogen-bond donors (Lipinski definition) is 4. The number of unbranched alkanes of at least 4 members (excludes halogenated alkanes) is 6. The average Bonchev–Trinajstić information content (AvgIpc) is 2.97. The number of carboxylic acid groups (broad SMARTS) is 1. The van der Waals surface area contributed by atoms with Gasteiger partial charge in [-0.15, -0.1) is 0 Å². The highest BCUT2D eigenvalue weighted by Gasteiger charge is 2.19. The van der Waals surface area contributed by atoms with Gasteiger partial charge in [-0.1, -0.05) is 65.4 Å². The molecule has 230 valence electrons. The zero-order valence-electron chi connectivity index (χ0n) is 25.1. The molecule has 10 nitrogen and oxygen atoms in total. The highest BCUT2D eigenvalue weighted by molar-refractivity contribution is 6.03. The van der Waals surface area contributed by atoms with Crippen molar-refractivity contribution in [1.29, 1.82) is 0 Å². The maximum absolute atomic E-state index is 13.1. The molecule has 0 aliphatic rings. The molecule has 0 unspecified atom stereocenters. The van der Waals surface area contributed by atoms with Crippen molar-refractivity contribution in [3.63, 3.8) is 0 Å². The van der Waals surface area contributed by atoms with E-state index < -0.39 is 17.8 Å². The molecule has 3 amide bonds. The van der Waals surface area contributed by atoms with Crippen LogP contribution in [0.15, 0.2) is 36.4 Å². The van der Waals surface area contributed by atoms with Gasteiger partial charge >= 0.3 is 5.97 Å². The van der Waals surface area contributed by atoms with Crippen molar-refractivity contribution in [1.82, 2.24) is 5.32 Å². The van der Waals surface area contributed by atoms with Gasteiger partial charge in [-0.2, -0.15) is 0 Å². The fourth-order valence-electron chi connectivity index (χ4n) is 4.14. The highest BCUT2D eigenvalue weighted by Crippen LogP contribution is 2.30. The van der Waals surface area contributed by atoms with E-state index in [2.05, 4.69) is 36.7 Å². The van der Waals surface area contributed by atoms with Crippen molar-refractivity contribution in [2.75, 3.05) is 30.4 Å². The lowest BCUT2D eigenvalue weighted by Crippen LogP contribution is -2.33. The van der Waals surface area contributed by atoms with Crippen LogP contribution >= 0.6 is 0 Å². The fraction of sp³-hybridized carbons (Fsp3) is 0.500. The Morgan fingerprint density at radius 2 is 1.40 bits per heavy atom. The summed E-state index contributed by atoms with van der Waals surface area (Å²) in [6.07, 6.45) is 8.66. The van der Waals surface area contributed by atoms with E-state index in [9.17, 15) is 24.3 Å². The number of carbonyl (C=O) groups is 4. The lowest BCUT2D eigenvalue weighted by Gasteiger charge is -2.17. The molecule has 0 fully saturated rings. The molecule has 0 aromatic heterocycles. The van der Waals surface area contributed by atoms with Crippen LogP contribution < -0.4 is 25.4 Å². The molecule has 0 saturated carbocycles. The standard InChI is InChI=1S/C32H45N3O7/c1-4-7-10-16-28(36)35-26-15-13-14-24(30(26)42-20-12-9-6-3)31(38)33-22-29(37)34-23-17-18-27(25(21-23)32(39)40)41-19-11-8-5-2/h13-15,17-18,21H,4-12,16,19-20,22H2,1-3H3,(H,33,38)(H,34,37)(H,35,36)(H,39,40). The van der Waals surface area contributed by atoms with E-state index in [0.29, 0.717) is 25.3 Å². The van der Waals surface area contributed by atoms with Crippen molar-refractivity contribution in [2.24, 2.45) is 0 Å². The summed E-state index contributed by atoms with van der Waals surface area (Å²) >= 11 is 0. The van der Waals surface area contributed by atoms with E-state index in [-0.39, 0.29) is 40.8 Å². The molecule has 0 bridgehead atoms. The third-order valence-corrected chi connectivity index (χ3v) is 6.44. The van der Waals surface area contributed by atoms with Crippen molar-refractivity contribution in [2.45, 2.75) is 85.0 Å². The van der Waals surface area contributed by atoms with Gasteiger partial charge in [0.15, 0.2) is 5.75 Å². The van der Waals surface area contributed by atoms with Crippen LogP contribution in [0.4, 0.5) is 11.4 Å². The number of benzene rings is 2. The molecule has 0 heterocycles. The Morgan fingerprint density at radius 1 is 0.738 bits per heavy atom. The number of ether oxygens (including phenoxy) is 2. The lowest BCUT2D eigenvalue weighted by atomic mass is 10.1. The van der Waals surface area contributed by atoms with Crippen LogP contribution in [0.5, 0.6) is 11.5 Å². The van der Waals surface area contributed by atoms with E-state index in [1.54, 1.807) is 24.3 Å². The molecule has 0 spiro atoms. The van der Waals surface area contributed by atoms with Crippen LogP contribution in [-0.4, -0.2) is 48.6 Å². The van der Waals surface area contributed by atoms with Crippen LogP contribution in [0.2, 0.25) is 0 Å². The van der Waals surface area contributed by atoms with Crippen LogP contribution in [0, 0.1) is 0 Å². The van der Waals surface area contributed by atoms with E-state index in [1.807, 2.05) is 0 Å². The van der Waals surface area contributed by atoms with E-state index >= 15 is 0 Å². The predicted octanol–water partition coefficient (Wildman–Crippen LogP) is 6.41. The summed E-state index contributed by atoms with van der Waals surface area (Å²) in [5.74, 6) is -1.92. The second-order valence-corrected chi connectivity index (χ2v) is 10.0. The lowest BCUT2D eigenvalue weighted by molar-refractivity contribution is -0.116. The molecule has 2 rings (SSSR count). The Bertz CT molecular complexity index is 1180. The first-order chi connectivity index (χ1) is 20.3. The minimum absolute atomic E-state index is 0.0632. The van der Waals surface area contributed by atoms with Gasteiger partial charge in [0, 0.05) is 12.1 Å². The highest BCUT2D eigenvalue weighted by atomic mass is 16.5. The first-order valence-corrected chi connectivity index (χ1v) is 14.9. The molecule has 0 saturated heterocycles. The second kappa shape index (κ2) is 19.1. The second-order valence-electron chi connectivity index (χ2n) is 10.0. The molecule has 0 aliphatic heterocycles. The Labute approximate surface area is 248 Å². The predicted molar refractivity (Wildman–Crippen MR) is 164 cm³/mol. The number of rotatable bonds is 20. The van der Waals surface area contributed by atoms with E-state index in [4.69, 9.17) is 9.47 Å². The molecule has 0 aliphatic carbocycles. The number of para-hydroxylation sites is 1. The van der Waals surface area contributed by atoms with Gasteiger partial charge in [0.25, 0.3) is 5.91 Å². The third-order valence-electron chi connectivity index (χ3n) is 6.44. The minimum atomic E-state index is -1.17. The molecular weight excluding hydrogens is 538 g/mol. The van der Waals surface area contributed by atoms with Crippen molar-refractivity contribution in [3.8, 4) is 11.5 Å². The number of aromatic carboxylic acids is 1. The van der Waals surface area contributed by atoms with Gasteiger partial charge in [0.05, 0.1) is 31.0 Å². The molecule has 4 N–H and O–H groups in total. The van der Waals surface area contributed by atoms with Crippen molar-refractivity contribution >= 4 is 35.1 Å². The summed E-state index contributed by atoms with van der Waals surface area (Å²) < 4.78 is 11.6. The first-order valence-electron chi connectivity index (χ1n) is 14.9. The number of anilines is 2. The van der Waals surface area contributed by atoms with Gasteiger partial charge in [0.2, 0.25) is 11.8 Å². The zero-order valence-corrected chi connectivity index (χ0v) is 25.1. The maximum Gasteiger partial charge on any atom is 0.339 e. The van der Waals surface area contributed by atoms with Gasteiger partial charge < -0.3 is 30.5 Å². The number of amides is 3. The van der Waals surface area contributed by atoms with Crippen LogP contribution in [0.1, 0.15) is 106 Å². The molecule has 10 heteroatoms. The topological polar surface area (TPSA) is 143 Å². The Hall–Kier alpha value is -4.08. The maximum atomic E-state index is 13.1. The van der Waals surface area contributed by atoms with Crippen LogP contribution in [0.3, 0.4) is 0 Å². The number of nitrogens with one attached hydrogen (secondary N) is 3. The smallest absolute Gasteiger partial charge is 0.339 e. The number of hydrogen-bond acceptors (Lipinski definition) is 6. The SMILES string of the molecule is CCCCCOc1ccc(NC(=O)CNC(=O)c2cccc(NC(=O)CCCCC)c2OCCCCC)cc1C(=O)O. The number of carbonyl (C=O) groups excluding carboxylic acids is 3. The average molecular weight is 584 g/mol. The summed E-state index contributed by atoms with van der Waals surface area (Å²) in [4.78, 5) is 50.0. The number of carboxylic acids is 1. The largest absolute Gasteiger partial charge is 0.493 e. The summed E-state index contributed by atoms with van der Waals surface area (Å²) in [5.41, 5.74) is 0.804. The summed E-state index contributed by atoms with van der Waals surface area (Å²) in [6.45, 7) is 6.63. The minimum Gasteiger partial charge on any atom is -0.493 e. The third kappa shape index (κ3) is 11.8. The normalized spacial score (nSPS) is 10.5. The zero-order chi connectivity index (χ0) is 30.7. The Balaban J connectivity index is 2.08. The van der Waals surface area contributed by atoms with E-state index in [0.717, 1.165) is 57.8 Å². The van der Waals surface area contributed by atoms with Crippen molar-refractivity contribution < 1.29 is 33.8 Å². The summed E-state index contributed by atoms with van der Waals surface area (Å²) in [6, 6.07) is 9.30. The quantitative estimate of drug-likeness (QED) is 0.132. The first kappa shape index (κ1) is 34.1. The molecule has 0 atom stereocenters. The van der Waals surface area contributed by atoms with Gasteiger partial charge in [0.1, 0.15) is 11.3 Å². The molecule has 0 radical (unpaired) electrons. The van der Waals surface area contributed by atoms with E-state index in [1.165, 1.54) is 12.1 Å². The summed E-state index contributed by atoms with van der Waals surface area (Å²) in [7, 11) is 0. The van der Waals surface area contributed by atoms with Crippen LogP contribution in [-0.2, 0) is 9.59 Å². The summed E-state index contributed by atoms with van der Waals surface area (Å²) in [5, 5.41) is 17.6. The monoisotopic (exact) mass is 583 g/mol. The van der Waals surface area contributed by atoms with Gasteiger partial charge in [-0.3, -0.25) is 14.4 Å². The Kier molecular flexibility index (Phi) is 15.5. The molecular formula is C32H45N3O7. The van der Waals surface area contributed by atoms with Gasteiger partial charge in [-0.05, 0) is 49.6 Å². The molecule has 42 heavy (non-hydrogen) atoms. The van der Waals surface area contributed by atoms with Crippen LogP contribution in [0.25, 0.3) is 0 Å². The van der Waals surface area contributed by atoms with Crippen molar-refractivity contribution in [3.05, 3.63) is 47.5 Å². The molecule has 2 aromatic rings.